The Hall–Kier alpha value is -3.02. The third-order valence-corrected chi connectivity index (χ3v) is 2.99. The molecule has 0 unspecified atom stereocenters. The number of carbonyl (C=O) groups is 1. The van der Waals surface area contributed by atoms with Crippen molar-refractivity contribution in [2.45, 2.75) is 6.54 Å². The number of aromatic nitrogens is 4. The molecular weight excluding hydrogens is 266 g/mol. The highest BCUT2D eigenvalue weighted by molar-refractivity contribution is 5.79. The van der Waals surface area contributed by atoms with Crippen molar-refractivity contribution in [2.75, 3.05) is 0 Å². The highest BCUT2D eigenvalue weighted by Gasteiger charge is 2.17. The summed E-state index contributed by atoms with van der Waals surface area (Å²) in [7, 11) is 0. The molecular formula is C15H13N5O. The Morgan fingerprint density at radius 2 is 1.71 bits per heavy atom. The molecule has 0 aromatic carbocycles. The average Bonchev–Trinajstić information content (AvgIpc) is 2.92. The van der Waals surface area contributed by atoms with Crippen LogP contribution in [0.5, 0.6) is 0 Å². The first-order valence-corrected chi connectivity index (χ1v) is 6.42. The first-order chi connectivity index (χ1) is 10.3. The van der Waals surface area contributed by atoms with Crippen LogP contribution in [0.1, 0.15) is 0 Å². The summed E-state index contributed by atoms with van der Waals surface area (Å²) in [5.41, 5.74) is 8.32. The molecule has 0 radical (unpaired) electrons. The molecule has 6 heteroatoms. The number of hydrogen-bond donors (Lipinski definition) is 1. The topological polar surface area (TPSA) is 86.7 Å². The molecule has 6 nitrogen and oxygen atoms in total. The Balaban J connectivity index is 2.18. The number of nitrogens with zero attached hydrogens (tertiary/aromatic N) is 4. The van der Waals surface area contributed by atoms with E-state index < -0.39 is 5.91 Å². The van der Waals surface area contributed by atoms with Gasteiger partial charge in [0.05, 0.1) is 23.3 Å². The maximum atomic E-state index is 11.2. The number of nitrogens with two attached hydrogens (primary N) is 1. The number of carbonyl (C=O) groups excluding carboxylic acids is 1. The van der Waals surface area contributed by atoms with Gasteiger partial charge in [-0.1, -0.05) is 12.1 Å². The number of pyridine rings is 2. The molecule has 0 saturated heterocycles. The molecule has 0 aliphatic heterocycles. The predicted octanol–water partition coefficient (Wildman–Crippen LogP) is 1.49. The lowest BCUT2D eigenvalue weighted by atomic mass is 10.1. The maximum absolute atomic E-state index is 11.2. The molecule has 3 heterocycles. The van der Waals surface area contributed by atoms with Gasteiger partial charge in [-0.15, -0.1) is 0 Å². The van der Waals surface area contributed by atoms with E-state index in [1.165, 1.54) is 0 Å². The Bertz CT molecular complexity index is 752. The van der Waals surface area contributed by atoms with Gasteiger partial charge in [0.15, 0.2) is 0 Å². The van der Waals surface area contributed by atoms with Crippen LogP contribution in [0.2, 0.25) is 0 Å². The van der Waals surface area contributed by atoms with Crippen molar-refractivity contribution in [1.82, 2.24) is 19.7 Å². The molecule has 0 aliphatic carbocycles. The van der Waals surface area contributed by atoms with Crippen LogP contribution in [0.15, 0.2) is 55.0 Å². The molecule has 0 aliphatic rings. The standard InChI is InChI=1S/C15H13N5O/c16-14(21)10-20-15(13-6-2-4-8-18-13)11(9-19-20)12-5-1-3-7-17-12/h1-9H,10H2,(H2,16,21). The van der Waals surface area contributed by atoms with E-state index in [0.29, 0.717) is 0 Å². The van der Waals surface area contributed by atoms with Crippen LogP contribution >= 0.6 is 0 Å². The minimum absolute atomic E-state index is 0.00125. The van der Waals surface area contributed by atoms with Gasteiger partial charge in [-0.3, -0.25) is 19.4 Å². The zero-order valence-electron chi connectivity index (χ0n) is 11.2. The van der Waals surface area contributed by atoms with E-state index in [1.807, 2.05) is 36.4 Å². The SMILES string of the molecule is NC(=O)Cn1ncc(-c2ccccn2)c1-c1ccccn1. The second-order valence-corrected chi connectivity index (χ2v) is 4.46. The van der Waals surface area contributed by atoms with E-state index in [-0.39, 0.29) is 6.54 Å². The van der Waals surface area contributed by atoms with Crippen molar-refractivity contribution in [3.05, 3.63) is 55.0 Å². The fourth-order valence-electron chi connectivity index (χ4n) is 2.14. The van der Waals surface area contributed by atoms with Gasteiger partial charge in [-0.2, -0.15) is 5.10 Å². The van der Waals surface area contributed by atoms with Gasteiger partial charge < -0.3 is 5.73 Å². The Morgan fingerprint density at radius 3 is 2.29 bits per heavy atom. The maximum Gasteiger partial charge on any atom is 0.239 e. The molecule has 0 spiro atoms. The number of hydrogen-bond acceptors (Lipinski definition) is 4. The Labute approximate surface area is 121 Å². The third kappa shape index (κ3) is 2.64. The van der Waals surface area contributed by atoms with Gasteiger partial charge in [0.1, 0.15) is 6.54 Å². The van der Waals surface area contributed by atoms with Crippen molar-refractivity contribution in [2.24, 2.45) is 5.73 Å². The van der Waals surface area contributed by atoms with E-state index in [0.717, 1.165) is 22.6 Å². The molecule has 1 amide bonds. The van der Waals surface area contributed by atoms with Crippen LogP contribution in [0.25, 0.3) is 22.6 Å². The second kappa shape index (κ2) is 5.54. The molecule has 3 rings (SSSR count). The molecule has 2 N–H and O–H groups in total. The Morgan fingerprint density at radius 1 is 1.05 bits per heavy atom. The fourth-order valence-corrected chi connectivity index (χ4v) is 2.14. The average molecular weight is 279 g/mol. The fraction of sp³-hybridized carbons (Fsp3) is 0.0667. The van der Waals surface area contributed by atoms with Crippen LogP contribution in [0.3, 0.4) is 0 Å². The lowest BCUT2D eigenvalue weighted by molar-refractivity contribution is -0.118. The van der Waals surface area contributed by atoms with Crippen LogP contribution in [-0.4, -0.2) is 25.7 Å². The second-order valence-electron chi connectivity index (χ2n) is 4.46. The van der Waals surface area contributed by atoms with Crippen molar-refractivity contribution >= 4 is 5.91 Å². The summed E-state index contributed by atoms with van der Waals surface area (Å²) in [5.74, 6) is -0.456. The highest BCUT2D eigenvalue weighted by atomic mass is 16.1. The van der Waals surface area contributed by atoms with Gasteiger partial charge in [-0.25, -0.2) is 0 Å². The van der Waals surface area contributed by atoms with E-state index in [1.54, 1.807) is 23.3 Å². The van der Waals surface area contributed by atoms with Crippen molar-refractivity contribution < 1.29 is 4.79 Å². The van der Waals surface area contributed by atoms with E-state index in [4.69, 9.17) is 5.73 Å². The van der Waals surface area contributed by atoms with Gasteiger partial charge in [0.25, 0.3) is 0 Å². The Kier molecular flexibility index (Phi) is 3.42. The number of rotatable bonds is 4. The first-order valence-electron chi connectivity index (χ1n) is 6.42. The summed E-state index contributed by atoms with van der Waals surface area (Å²) in [4.78, 5) is 19.9. The van der Waals surface area contributed by atoms with E-state index >= 15 is 0 Å². The summed E-state index contributed by atoms with van der Waals surface area (Å²) in [6.07, 6.45) is 5.08. The third-order valence-electron chi connectivity index (χ3n) is 2.99. The van der Waals surface area contributed by atoms with E-state index in [9.17, 15) is 4.79 Å². The lowest BCUT2D eigenvalue weighted by Gasteiger charge is -2.07. The van der Waals surface area contributed by atoms with Crippen molar-refractivity contribution in [3.8, 4) is 22.6 Å². The largest absolute Gasteiger partial charge is 0.368 e. The molecule has 0 saturated carbocycles. The minimum Gasteiger partial charge on any atom is -0.368 e. The first kappa shape index (κ1) is 13.0. The molecule has 3 aromatic heterocycles. The van der Waals surface area contributed by atoms with E-state index in [2.05, 4.69) is 15.1 Å². The van der Waals surface area contributed by atoms with Gasteiger partial charge >= 0.3 is 0 Å². The number of amides is 1. The molecule has 21 heavy (non-hydrogen) atoms. The summed E-state index contributed by atoms with van der Waals surface area (Å²) >= 11 is 0. The van der Waals surface area contributed by atoms with Crippen molar-refractivity contribution in [1.29, 1.82) is 0 Å². The smallest absolute Gasteiger partial charge is 0.239 e. The van der Waals surface area contributed by atoms with Crippen LogP contribution < -0.4 is 5.73 Å². The zero-order chi connectivity index (χ0) is 14.7. The van der Waals surface area contributed by atoms with Crippen molar-refractivity contribution in [3.63, 3.8) is 0 Å². The molecule has 3 aromatic rings. The summed E-state index contributed by atoms with van der Waals surface area (Å²) in [6, 6.07) is 11.2. The summed E-state index contributed by atoms with van der Waals surface area (Å²) in [5, 5.41) is 4.24. The summed E-state index contributed by atoms with van der Waals surface area (Å²) in [6.45, 7) is -0.00125. The minimum atomic E-state index is -0.456. The van der Waals surface area contributed by atoms with Gasteiger partial charge in [0, 0.05) is 18.0 Å². The zero-order valence-corrected chi connectivity index (χ0v) is 11.2. The highest BCUT2D eigenvalue weighted by Crippen LogP contribution is 2.29. The molecule has 0 fully saturated rings. The quantitative estimate of drug-likeness (QED) is 0.784. The molecule has 0 atom stereocenters. The molecule has 0 bridgehead atoms. The molecule has 104 valence electrons. The van der Waals surface area contributed by atoms with Crippen LogP contribution in [0.4, 0.5) is 0 Å². The lowest BCUT2D eigenvalue weighted by Crippen LogP contribution is -2.20. The summed E-state index contributed by atoms with van der Waals surface area (Å²) < 4.78 is 1.55. The van der Waals surface area contributed by atoms with Crippen LogP contribution in [-0.2, 0) is 11.3 Å². The van der Waals surface area contributed by atoms with Gasteiger partial charge in [-0.05, 0) is 24.3 Å². The number of primary amides is 1. The normalized spacial score (nSPS) is 10.5. The van der Waals surface area contributed by atoms with Crippen LogP contribution in [0, 0.1) is 0 Å². The predicted molar refractivity (Wildman–Crippen MR) is 77.9 cm³/mol. The van der Waals surface area contributed by atoms with Gasteiger partial charge in [0.2, 0.25) is 5.91 Å². The monoisotopic (exact) mass is 279 g/mol.